The number of rotatable bonds is 5. The summed E-state index contributed by atoms with van der Waals surface area (Å²) in [6.45, 7) is 9.91. The Balaban J connectivity index is 1.42. The second kappa shape index (κ2) is 7.44. The van der Waals surface area contributed by atoms with Gasteiger partial charge in [0.1, 0.15) is 17.0 Å². The van der Waals surface area contributed by atoms with Gasteiger partial charge in [0.15, 0.2) is 0 Å². The topological polar surface area (TPSA) is 32.3 Å². The molecule has 2 fully saturated rings. The molecular formula is C20H27F3N4S. The molecule has 28 heavy (non-hydrogen) atoms. The van der Waals surface area contributed by atoms with E-state index >= 15 is 0 Å². The highest BCUT2D eigenvalue weighted by molar-refractivity contribution is 7.18. The number of aromatic nitrogens is 2. The zero-order chi connectivity index (χ0) is 19.9. The van der Waals surface area contributed by atoms with Crippen molar-refractivity contribution in [2.45, 2.75) is 45.7 Å². The Bertz CT molecular complexity index is 818. The van der Waals surface area contributed by atoms with Crippen molar-refractivity contribution in [1.82, 2.24) is 14.9 Å². The molecule has 1 atom stereocenters. The lowest BCUT2D eigenvalue weighted by atomic mass is 9.71. The van der Waals surface area contributed by atoms with Crippen LogP contribution in [0.5, 0.6) is 0 Å². The van der Waals surface area contributed by atoms with Crippen molar-refractivity contribution in [3.8, 4) is 0 Å². The number of alkyl halides is 3. The van der Waals surface area contributed by atoms with E-state index in [4.69, 9.17) is 0 Å². The van der Waals surface area contributed by atoms with Crippen LogP contribution < -0.4 is 4.90 Å². The number of thiophene rings is 1. The van der Waals surface area contributed by atoms with E-state index in [1.54, 1.807) is 6.07 Å². The fourth-order valence-electron chi connectivity index (χ4n) is 4.54. The van der Waals surface area contributed by atoms with Gasteiger partial charge >= 0.3 is 6.18 Å². The normalized spacial score (nSPS) is 21.2. The van der Waals surface area contributed by atoms with Gasteiger partial charge in [-0.25, -0.2) is 9.97 Å². The third-order valence-corrected chi connectivity index (χ3v) is 7.29. The van der Waals surface area contributed by atoms with Crippen LogP contribution in [-0.4, -0.2) is 53.8 Å². The van der Waals surface area contributed by atoms with Crippen molar-refractivity contribution in [2.75, 3.05) is 37.6 Å². The molecule has 1 spiro atoms. The van der Waals surface area contributed by atoms with E-state index < -0.39 is 12.6 Å². The average molecular weight is 413 g/mol. The first-order valence-electron chi connectivity index (χ1n) is 10.0. The lowest BCUT2D eigenvalue weighted by molar-refractivity contribution is -0.126. The highest BCUT2D eigenvalue weighted by Gasteiger charge is 2.45. The lowest BCUT2D eigenvalue weighted by Crippen LogP contribution is -2.61. The summed E-state index contributed by atoms with van der Waals surface area (Å²) >= 11 is 1.12. The van der Waals surface area contributed by atoms with Crippen molar-refractivity contribution >= 4 is 27.4 Å². The average Bonchev–Trinajstić information content (AvgIpc) is 3.01. The second-order valence-corrected chi connectivity index (χ2v) is 9.71. The fourth-order valence-corrected chi connectivity index (χ4v) is 5.56. The molecule has 2 aromatic rings. The molecule has 2 saturated heterocycles. The summed E-state index contributed by atoms with van der Waals surface area (Å²) in [6.07, 6.45) is -0.158. The zero-order valence-electron chi connectivity index (χ0n) is 16.4. The SMILES string of the molecule is CCC(C)CN1CC2(CCN(c3ncnc4sc(CC(F)(F)F)cc34)CC2)C1. The molecule has 1 unspecified atom stereocenters. The maximum atomic E-state index is 12.7. The van der Waals surface area contributed by atoms with Crippen molar-refractivity contribution in [3.63, 3.8) is 0 Å². The highest BCUT2D eigenvalue weighted by Crippen LogP contribution is 2.42. The molecule has 8 heteroatoms. The minimum absolute atomic E-state index is 0.303. The second-order valence-electron chi connectivity index (χ2n) is 8.59. The van der Waals surface area contributed by atoms with Crippen LogP contribution in [0.1, 0.15) is 38.0 Å². The van der Waals surface area contributed by atoms with Gasteiger partial charge in [-0.1, -0.05) is 20.3 Å². The van der Waals surface area contributed by atoms with Crippen molar-refractivity contribution < 1.29 is 13.2 Å². The summed E-state index contributed by atoms with van der Waals surface area (Å²) < 4.78 is 38.2. The number of halogens is 3. The Morgan fingerprint density at radius 3 is 2.57 bits per heavy atom. The molecule has 0 amide bonds. The van der Waals surface area contributed by atoms with Crippen molar-refractivity contribution in [3.05, 3.63) is 17.3 Å². The van der Waals surface area contributed by atoms with Gasteiger partial charge in [0.05, 0.1) is 11.8 Å². The molecule has 0 aromatic carbocycles. The number of anilines is 1. The summed E-state index contributed by atoms with van der Waals surface area (Å²) in [4.78, 5) is 14.4. The monoisotopic (exact) mass is 412 g/mol. The predicted octanol–water partition coefficient (Wildman–Crippen LogP) is 4.74. The van der Waals surface area contributed by atoms with E-state index in [-0.39, 0.29) is 0 Å². The molecular weight excluding hydrogens is 385 g/mol. The molecule has 2 aromatic heterocycles. The van der Waals surface area contributed by atoms with E-state index in [1.165, 1.54) is 32.4 Å². The molecule has 0 saturated carbocycles. The molecule has 4 rings (SSSR count). The Morgan fingerprint density at radius 2 is 1.93 bits per heavy atom. The molecule has 0 radical (unpaired) electrons. The number of piperidine rings is 1. The van der Waals surface area contributed by atoms with E-state index in [0.29, 0.717) is 15.1 Å². The molecule has 2 aliphatic heterocycles. The maximum Gasteiger partial charge on any atom is 0.393 e. The Hall–Kier alpha value is -1.41. The molecule has 2 aliphatic rings. The first-order chi connectivity index (χ1) is 13.3. The summed E-state index contributed by atoms with van der Waals surface area (Å²) in [5.74, 6) is 1.54. The van der Waals surface area contributed by atoms with Gasteiger partial charge in [-0.05, 0) is 30.2 Å². The molecule has 0 bridgehead atoms. The molecule has 0 N–H and O–H groups in total. The standard InChI is InChI=1S/C20H27F3N4S/c1-3-14(2)10-26-11-19(12-26)4-6-27(7-5-19)17-16-8-15(9-20(21,22)23)28-18(16)25-13-24-17/h8,13-14H,3-7,9-12H2,1-2H3. The largest absolute Gasteiger partial charge is 0.393 e. The van der Waals surface area contributed by atoms with Gasteiger partial charge in [-0.3, -0.25) is 0 Å². The summed E-state index contributed by atoms with van der Waals surface area (Å²) in [5, 5.41) is 0.759. The highest BCUT2D eigenvalue weighted by atomic mass is 32.1. The summed E-state index contributed by atoms with van der Waals surface area (Å²) in [6, 6.07) is 1.63. The predicted molar refractivity (Wildman–Crippen MR) is 107 cm³/mol. The number of likely N-dealkylation sites (tertiary alicyclic amines) is 1. The lowest BCUT2D eigenvalue weighted by Gasteiger charge is -2.55. The third kappa shape index (κ3) is 4.13. The van der Waals surface area contributed by atoms with Crippen LogP contribution in [0.15, 0.2) is 12.4 Å². The zero-order valence-corrected chi connectivity index (χ0v) is 17.2. The maximum absolute atomic E-state index is 12.7. The van der Waals surface area contributed by atoms with Gasteiger partial charge in [-0.15, -0.1) is 11.3 Å². The number of nitrogens with zero attached hydrogens (tertiary/aromatic N) is 4. The summed E-state index contributed by atoms with van der Waals surface area (Å²) in [5.41, 5.74) is 0.423. The third-order valence-electron chi connectivity index (χ3n) is 6.24. The molecule has 154 valence electrons. The van der Waals surface area contributed by atoms with Crippen molar-refractivity contribution in [2.24, 2.45) is 11.3 Å². The van der Waals surface area contributed by atoms with Crippen LogP contribution in [0.3, 0.4) is 0 Å². The van der Waals surface area contributed by atoms with Crippen LogP contribution in [-0.2, 0) is 6.42 Å². The van der Waals surface area contributed by atoms with Crippen LogP contribution in [0.25, 0.3) is 10.2 Å². The van der Waals surface area contributed by atoms with Crippen LogP contribution in [0.4, 0.5) is 19.0 Å². The van der Waals surface area contributed by atoms with E-state index in [2.05, 4.69) is 33.6 Å². The van der Waals surface area contributed by atoms with Gasteiger partial charge < -0.3 is 9.80 Å². The Kier molecular flexibility index (Phi) is 5.29. The van der Waals surface area contributed by atoms with Crippen LogP contribution in [0.2, 0.25) is 0 Å². The van der Waals surface area contributed by atoms with E-state index in [9.17, 15) is 13.2 Å². The first kappa shape index (κ1) is 19.9. The fraction of sp³-hybridized carbons (Fsp3) is 0.700. The number of hydrogen-bond acceptors (Lipinski definition) is 5. The van der Waals surface area contributed by atoms with Crippen LogP contribution >= 0.6 is 11.3 Å². The van der Waals surface area contributed by atoms with Crippen LogP contribution in [0, 0.1) is 11.3 Å². The molecule has 4 heterocycles. The van der Waals surface area contributed by atoms with E-state index in [0.717, 1.165) is 54.4 Å². The van der Waals surface area contributed by atoms with E-state index in [1.807, 2.05) is 0 Å². The molecule has 4 nitrogen and oxygen atoms in total. The first-order valence-corrected chi connectivity index (χ1v) is 10.9. The summed E-state index contributed by atoms with van der Waals surface area (Å²) in [7, 11) is 0. The number of hydrogen-bond donors (Lipinski definition) is 0. The number of fused-ring (bicyclic) bond motifs is 1. The van der Waals surface area contributed by atoms with Gasteiger partial charge in [-0.2, -0.15) is 13.2 Å². The van der Waals surface area contributed by atoms with Crippen molar-refractivity contribution in [1.29, 1.82) is 0 Å². The van der Waals surface area contributed by atoms with Gasteiger partial charge in [0, 0.05) is 37.6 Å². The van der Waals surface area contributed by atoms with Gasteiger partial charge in [0.25, 0.3) is 0 Å². The quantitative estimate of drug-likeness (QED) is 0.710. The van der Waals surface area contributed by atoms with Gasteiger partial charge in [0.2, 0.25) is 0 Å². The minimum atomic E-state index is -4.20. The Morgan fingerprint density at radius 1 is 1.21 bits per heavy atom. The smallest absolute Gasteiger partial charge is 0.356 e. The minimum Gasteiger partial charge on any atom is -0.356 e. The molecule has 0 aliphatic carbocycles. The Labute approximate surface area is 167 Å².